The Labute approximate surface area is 217 Å². The first kappa shape index (κ1) is 25.8. The SMILES string of the molecule is CCOC(=O)CNC(=O)c1cc(Cn2c(C(=O)CC)c(-c3ccccc3)c3cc(Cl)ccc3c2=O)[nH]n1. The molecule has 2 aromatic carbocycles. The molecule has 0 saturated heterocycles. The van der Waals surface area contributed by atoms with E-state index >= 15 is 0 Å². The summed E-state index contributed by atoms with van der Waals surface area (Å²) in [5.41, 5.74) is 1.72. The van der Waals surface area contributed by atoms with Gasteiger partial charge in [0.25, 0.3) is 11.5 Å². The average molecular weight is 521 g/mol. The summed E-state index contributed by atoms with van der Waals surface area (Å²) in [5.74, 6) is -1.36. The van der Waals surface area contributed by atoms with Crippen LogP contribution in [0, 0.1) is 0 Å². The molecule has 190 valence electrons. The number of Topliss-reactive ketones (excluding diaryl/α,β-unsaturated/α-hetero) is 1. The molecule has 0 aliphatic heterocycles. The normalized spacial score (nSPS) is 10.9. The number of benzene rings is 2. The van der Waals surface area contributed by atoms with Gasteiger partial charge in [-0.2, -0.15) is 5.10 Å². The first-order valence-electron chi connectivity index (χ1n) is 11.8. The fourth-order valence-corrected chi connectivity index (χ4v) is 4.28. The number of aromatic amines is 1. The largest absolute Gasteiger partial charge is 0.465 e. The number of rotatable bonds is 9. The molecule has 0 saturated carbocycles. The zero-order valence-corrected chi connectivity index (χ0v) is 21.1. The number of fused-ring (bicyclic) bond motifs is 1. The third-order valence-corrected chi connectivity index (χ3v) is 6.01. The molecule has 0 aliphatic rings. The van der Waals surface area contributed by atoms with Gasteiger partial charge in [0.05, 0.1) is 24.5 Å². The summed E-state index contributed by atoms with van der Waals surface area (Å²) in [6.45, 7) is 3.28. The summed E-state index contributed by atoms with van der Waals surface area (Å²) in [7, 11) is 0. The van der Waals surface area contributed by atoms with Crippen LogP contribution in [0.4, 0.5) is 0 Å². The van der Waals surface area contributed by atoms with E-state index in [4.69, 9.17) is 16.3 Å². The highest BCUT2D eigenvalue weighted by molar-refractivity contribution is 6.31. The Kier molecular flexibility index (Phi) is 7.83. The molecule has 37 heavy (non-hydrogen) atoms. The summed E-state index contributed by atoms with van der Waals surface area (Å²) in [6.07, 6.45) is 0.176. The molecular weight excluding hydrogens is 496 g/mol. The van der Waals surface area contributed by atoms with Crippen LogP contribution in [0.2, 0.25) is 5.02 Å². The van der Waals surface area contributed by atoms with Gasteiger partial charge in [-0.1, -0.05) is 48.9 Å². The van der Waals surface area contributed by atoms with Crippen molar-refractivity contribution in [3.05, 3.63) is 87.1 Å². The molecule has 0 radical (unpaired) electrons. The van der Waals surface area contributed by atoms with Gasteiger partial charge in [0, 0.05) is 22.4 Å². The lowest BCUT2D eigenvalue weighted by Gasteiger charge is -2.19. The third kappa shape index (κ3) is 5.46. The minimum Gasteiger partial charge on any atom is -0.465 e. The van der Waals surface area contributed by atoms with E-state index in [-0.39, 0.29) is 48.8 Å². The van der Waals surface area contributed by atoms with Gasteiger partial charge >= 0.3 is 5.97 Å². The number of pyridine rings is 1. The maximum Gasteiger partial charge on any atom is 0.325 e. The van der Waals surface area contributed by atoms with Gasteiger partial charge in [-0.3, -0.25) is 28.8 Å². The van der Waals surface area contributed by atoms with Gasteiger partial charge in [-0.25, -0.2) is 0 Å². The van der Waals surface area contributed by atoms with Crippen LogP contribution in [-0.2, 0) is 16.1 Å². The quantitative estimate of drug-likeness (QED) is 0.254. The zero-order chi connectivity index (χ0) is 26.5. The molecule has 4 rings (SSSR count). The Morgan fingerprint density at radius 1 is 1.05 bits per heavy atom. The number of ether oxygens (including phenoxy) is 1. The smallest absolute Gasteiger partial charge is 0.325 e. The Hall–Kier alpha value is -4.24. The molecule has 2 N–H and O–H groups in total. The van der Waals surface area contributed by atoms with Gasteiger partial charge < -0.3 is 10.1 Å². The Morgan fingerprint density at radius 2 is 1.81 bits per heavy atom. The highest BCUT2D eigenvalue weighted by atomic mass is 35.5. The number of amides is 1. The lowest BCUT2D eigenvalue weighted by atomic mass is 9.94. The van der Waals surface area contributed by atoms with Crippen LogP contribution in [0.15, 0.2) is 59.4 Å². The van der Waals surface area contributed by atoms with E-state index in [9.17, 15) is 19.2 Å². The second-order valence-corrected chi connectivity index (χ2v) is 8.65. The summed E-state index contributed by atoms with van der Waals surface area (Å²) in [5, 5.41) is 10.6. The molecule has 0 spiro atoms. The van der Waals surface area contributed by atoms with Gasteiger partial charge in [0.1, 0.15) is 12.2 Å². The number of hydrogen-bond donors (Lipinski definition) is 2. The van der Waals surface area contributed by atoms with Crippen molar-refractivity contribution in [3.63, 3.8) is 0 Å². The molecule has 0 fully saturated rings. The minimum atomic E-state index is -0.578. The van der Waals surface area contributed by atoms with E-state index in [1.165, 1.54) is 10.6 Å². The fourth-order valence-electron chi connectivity index (χ4n) is 4.11. The van der Waals surface area contributed by atoms with Crippen LogP contribution in [0.25, 0.3) is 21.9 Å². The predicted octanol–water partition coefficient (Wildman–Crippen LogP) is 3.98. The number of ketones is 1. The molecule has 4 aromatic rings. The highest BCUT2D eigenvalue weighted by Gasteiger charge is 2.23. The Morgan fingerprint density at radius 3 is 2.51 bits per heavy atom. The van der Waals surface area contributed by atoms with Crippen LogP contribution in [0.5, 0.6) is 0 Å². The van der Waals surface area contributed by atoms with Gasteiger partial charge in [-0.15, -0.1) is 0 Å². The first-order chi connectivity index (χ1) is 17.8. The van der Waals surface area contributed by atoms with Crippen LogP contribution in [0.3, 0.4) is 0 Å². The number of hydrogen-bond acceptors (Lipinski definition) is 6. The lowest BCUT2D eigenvalue weighted by Crippen LogP contribution is -2.30. The molecule has 2 heterocycles. The van der Waals surface area contributed by atoms with Crippen molar-refractivity contribution in [2.45, 2.75) is 26.8 Å². The van der Waals surface area contributed by atoms with Crippen molar-refractivity contribution in [3.8, 4) is 11.1 Å². The van der Waals surface area contributed by atoms with Crippen LogP contribution >= 0.6 is 11.6 Å². The third-order valence-electron chi connectivity index (χ3n) is 5.77. The fraction of sp³-hybridized carbons (Fsp3) is 0.222. The number of esters is 1. The summed E-state index contributed by atoms with van der Waals surface area (Å²) < 4.78 is 6.20. The Bertz CT molecular complexity index is 1540. The van der Waals surface area contributed by atoms with Crippen molar-refractivity contribution in [2.75, 3.05) is 13.2 Å². The van der Waals surface area contributed by atoms with Gasteiger partial charge in [0.15, 0.2) is 5.78 Å². The maximum absolute atomic E-state index is 13.7. The maximum atomic E-state index is 13.7. The van der Waals surface area contributed by atoms with Crippen molar-refractivity contribution in [1.29, 1.82) is 0 Å². The van der Waals surface area contributed by atoms with Crippen LogP contribution in [-0.4, -0.2) is 45.6 Å². The molecule has 0 bridgehead atoms. The van der Waals surface area contributed by atoms with Crippen molar-refractivity contribution < 1.29 is 19.1 Å². The second kappa shape index (κ2) is 11.2. The summed E-state index contributed by atoms with van der Waals surface area (Å²) >= 11 is 6.29. The average Bonchev–Trinajstić information content (AvgIpc) is 3.37. The minimum absolute atomic E-state index is 0.0313. The van der Waals surface area contributed by atoms with E-state index < -0.39 is 11.9 Å². The topological polar surface area (TPSA) is 123 Å². The summed E-state index contributed by atoms with van der Waals surface area (Å²) in [4.78, 5) is 50.9. The highest BCUT2D eigenvalue weighted by Crippen LogP contribution is 2.33. The number of nitrogens with zero attached hydrogens (tertiary/aromatic N) is 2. The summed E-state index contributed by atoms with van der Waals surface area (Å²) in [6, 6.07) is 15.8. The molecular formula is C27H25ClN4O5. The molecule has 2 aromatic heterocycles. The van der Waals surface area contributed by atoms with Crippen LogP contribution in [0.1, 0.15) is 46.9 Å². The standard InChI is InChI=1S/C27H25ClN4O5/c1-3-22(33)25-24(16-8-6-5-7-9-16)20-12-17(28)10-11-19(20)27(36)32(25)15-18-13-21(31-30-18)26(35)29-14-23(34)37-4-2/h5-13H,3-4,14-15H2,1-2H3,(H,29,35)(H,30,31). The Balaban J connectivity index is 1.81. The van der Waals surface area contributed by atoms with E-state index in [1.54, 1.807) is 32.0 Å². The van der Waals surface area contributed by atoms with Crippen LogP contribution < -0.4 is 10.9 Å². The first-order valence-corrected chi connectivity index (χ1v) is 12.1. The van der Waals surface area contributed by atoms with Gasteiger partial charge in [-0.05, 0) is 42.1 Å². The lowest BCUT2D eigenvalue weighted by molar-refractivity contribution is -0.141. The number of carbonyl (C=O) groups is 3. The van der Waals surface area contributed by atoms with Crippen molar-refractivity contribution in [1.82, 2.24) is 20.1 Å². The molecule has 9 nitrogen and oxygen atoms in total. The van der Waals surface area contributed by atoms with Gasteiger partial charge in [0.2, 0.25) is 0 Å². The molecule has 0 unspecified atom stereocenters. The van der Waals surface area contributed by atoms with E-state index in [0.29, 0.717) is 27.1 Å². The van der Waals surface area contributed by atoms with E-state index in [0.717, 1.165) is 5.56 Å². The number of halogens is 1. The number of nitrogens with one attached hydrogen (secondary N) is 2. The van der Waals surface area contributed by atoms with Crippen molar-refractivity contribution >= 4 is 40.0 Å². The van der Waals surface area contributed by atoms with Crippen molar-refractivity contribution in [2.24, 2.45) is 0 Å². The molecule has 0 aliphatic carbocycles. The number of carbonyl (C=O) groups excluding carboxylic acids is 3. The predicted molar refractivity (Wildman–Crippen MR) is 140 cm³/mol. The van der Waals surface area contributed by atoms with E-state index in [2.05, 4.69) is 15.5 Å². The zero-order valence-electron chi connectivity index (χ0n) is 20.3. The molecule has 10 heteroatoms. The monoisotopic (exact) mass is 520 g/mol. The van der Waals surface area contributed by atoms with E-state index in [1.807, 2.05) is 30.3 Å². The number of H-pyrrole nitrogens is 1. The molecule has 0 atom stereocenters. The molecule has 1 amide bonds. The number of aromatic nitrogens is 3. The second-order valence-electron chi connectivity index (χ2n) is 8.21.